The summed E-state index contributed by atoms with van der Waals surface area (Å²) in [6, 6.07) is 17.7. The zero-order valence-corrected chi connectivity index (χ0v) is 23.2. The van der Waals surface area contributed by atoms with Gasteiger partial charge < -0.3 is 20.5 Å². The molecule has 3 aromatic carbocycles. The molecule has 1 aromatic heterocycles. The third-order valence-electron chi connectivity index (χ3n) is 6.18. The van der Waals surface area contributed by atoms with E-state index in [1.54, 1.807) is 64.2 Å². The van der Waals surface area contributed by atoms with Crippen molar-refractivity contribution in [2.45, 2.75) is 31.2 Å². The minimum absolute atomic E-state index is 0.0922. The number of anilines is 2. The van der Waals surface area contributed by atoms with E-state index < -0.39 is 15.6 Å². The number of amides is 1. The van der Waals surface area contributed by atoms with Crippen LogP contribution in [-0.2, 0) is 10.0 Å². The molecule has 4 N–H and O–H groups in total. The first-order valence-corrected chi connectivity index (χ1v) is 13.7. The number of sulfonamides is 1. The SMILES string of the molecule is CNC(=O)c1cc(Nc2nnc(-c3ccc(C)c(S(=O)(=O)NC(C)(C)CO)c3)c3ccccc23)ccc1OC. The van der Waals surface area contributed by atoms with Gasteiger partial charge in [0.25, 0.3) is 5.91 Å². The van der Waals surface area contributed by atoms with Gasteiger partial charge in [-0.3, -0.25) is 4.79 Å². The summed E-state index contributed by atoms with van der Waals surface area (Å²) in [5.41, 5.74) is 1.59. The number of hydrogen-bond acceptors (Lipinski definition) is 8. The molecule has 0 atom stereocenters. The van der Waals surface area contributed by atoms with Gasteiger partial charge in [0.1, 0.15) is 11.4 Å². The highest BCUT2D eigenvalue weighted by molar-refractivity contribution is 7.89. The quantitative estimate of drug-likeness (QED) is 0.247. The highest BCUT2D eigenvalue weighted by atomic mass is 32.2. The number of benzene rings is 3. The van der Waals surface area contributed by atoms with Gasteiger partial charge in [0.05, 0.1) is 29.7 Å². The number of aromatic nitrogens is 2. The van der Waals surface area contributed by atoms with Gasteiger partial charge in [-0.15, -0.1) is 10.2 Å². The maximum Gasteiger partial charge on any atom is 0.254 e. The second kappa shape index (κ2) is 11.0. The summed E-state index contributed by atoms with van der Waals surface area (Å²) >= 11 is 0. The van der Waals surface area contributed by atoms with E-state index in [9.17, 15) is 18.3 Å². The lowest BCUT2D eigenvalue weighted by molar-refractivity contribution is 0.0960. The number of carbonyl (C=O) groups excluding carboxylic acids is 1. The Balaban J connectivity index is 1.78. The average molecular weight is 550 g/mol. The number of carbonyl (C=O) groups is 1. The molecule has 39 heavy (non-hydrogen) atoms. The Morgan fingerprint density at radius 2 is 1.74 bits per heavy atom. The summed E-state index contributed by atoms with van der Waals surface area (Å²) in [5, 5.41) is 25.8. The van der Waals surface area contributed by atoms with Crippen molar-refractivity contribution in [3.8, 4) is 17.0 Å². The fourth-order valence-corrected chi connectivity index (χ4v) is 5.81. The predicted molar refractivity (Wildman–Crippen MR) is 151 cm³/mol. The Morgan fingerprint density at radius 1 is 1.03 bits per heavy atom. The molecule has 0 aliphatic carbocycles. The highest BCUT2D eigenvalue weighted by Crippen LogP contribution is 2.33. The largest absolute Gasteiger partial charge is 0.496 e. The van der Waals surface area contributed by atoms with E-state index in [1.807, 2.05) is 24.3 Å². The van der Waals surface area contributed by atoms with Gasteiger partial charge in [-0.05, 0) is 50.6 Å². The van der Waals surface area contributed by atoms with Crippen LogP contribution in [0.3, 0.4) is 0 Å². The number of nitrogens with zero attached hydrogens (tertiary/aromatic N) is 2. The van der Waals surface area contributed by atoms with E-state index in [1.165, 1.54) is 7.11 Å². The van der Waals surface area contributed by atoms with Crippen molar-refractivity contribution >= 4 is 38.2 Å². The van der Waals surface area contributed by atoms with Gasteiger partial charge in [0.2, 0.25) is 10.0 Å². The number of methoxy groups -OCH3 is 1. The zero-order chi connectivity index (χ0) is 28.4. The Bertz CT molecular complexity index is 1650. The first-order chi connectivity index (χ1) is 18.5. The third kappa shape index (κ3) is 5.85. The van der Waals surface area contributed by atoms with Crippen molar-refractivity contribution in [1.29, 1.82) is 0 Å². The van der Waals surface area contributed by atoms with Crippen LogP contribution in [-0.4, -0.2) is 55.9 Å². The molecular formula is C28H31N5O5S. The molecular weight excluding hydrogens is 518 g/mol. The number of hydrogen-bond donors (Lipinski definition) is 4. The molecule has 0 spiro atoms. The highest BCUT2D eigenvalue weighted by Gasteiger charge is 2.27. The van der Waals surface area contributed by atoms with E-state index >= 15 is 0 Å². The van der Waals surface area contributed by atoms with E-state index in [0.29, 0.717) is 39.6 Å². The molecule has 0 aliphatic heterocycles. The fraction of sp³-hybridized carbons (Fsp3) is 0.250. The predicted octanol–water partition coefficient (Wildman–Crippen LogP) is 3.77. The molecule has 0 aliphatic rings. The lowest BCUT2D eigenvalue weighted by Gasteiger charge is -2.24. The number of rotatable bonds is 9. The summed E-state index contributed by atoms with van der Waals surface area (Å²) in [6.45, 7) is 4.57. The van der Waals surface area contributed by atoms with Crippen LogP contribution in [0.5, 0.6) is 5.75 Å². The van der Waals surface area contributed by atoms with Crippen LogP contribution in [0.25, 0.3) is 22.0 Å². The Hall–Kier alpha value is -4.06. The molecule has 1 heterocycles. The molecule has 11 heteroatoms. The fourth-order valence-electron chi connectivity index (χ4n) is 4.13. The molecule has 204 valence electrons. The van der Waals surface area contributed by atoms with Crippen LogP contribution in [0.4, 0.5) is 11.5 Å². The molecule has 0 fully saturated rings. The average Bonchev–Trinajstić information content (AvgIpc) is 2.92. The summed E-state index contributed by atoms with van der Waals surface area (Å²) in [7, 11) is -0.882. The summed E-state index contributed by atoms with van der Waals surface area (Å²) < 4.78 is 34.2. The first-order valence-electron chi connectivity index (χ1n) is 12.2. The number of fused-ring (bicyclic) bond motifs is 1. The second-order valence-corrected chi connectivity index (χ2v) is 11.3. The molecule has 0 saturated heterocycles. The van der Waals surface area contributed by atoms with Crippen LogP contribution in [0.1, 0.15) is 29.8 Å². The Morgan fingerprint density at radius 3 is 2.41 bits per heavy atom. The molecule has 0 unspecified atom stereocenters. The normalized spacial score (nSPS) is 11.8. The number of ether oxygens (including phenoxy) is 1. The van der Waals surface area contributed by atoms with Gasteiger partial charge in [-0.2, -0.15) is 0 Å². The van der Waals surface area contributed by atoms with Crippen LogP contribution in [0.2, 0.25) is 0 Å². The monoisotopic (exact) mass is 549 g/mol. The zero-order valence-electron chi connectivity index (χ0n) is 22.4. The minimum atomic E-state index is -3.93. The maximum absolute atomic E-state index is 13.2. The molecule has 4 rings (SSSR count). The van der Waals surface area contributed by atoms with Gasteiger partial charge in [0, 0.05) is 29.1 Å². The second-order valence-electron chi connectivity index (χ2n) is 9.69. The minimum Gasteiger partial charge on any atom is -0.496 e. The van der Waals surface area contributed by atoms with Crippen LogP contribution >= 0.6 is 0 Å². The van der Waals surface area contributed by atoms with Crippen molar-refractivity contribution in [3.63, 3.8) is 0 Å². The van der Waals surface area contributed by atoms with Crippen molar-refractivity contribution in [3.05, 3.63) is 71.8 Å². The summed E-state index contributed by atoms with van der Waals surface area (Å²) in [4.78, 5) is 12.4. The van der Waals surface area contributed by atoms with Crippen molar-refractivity contribution in [2.75, 3.05) is 26.1 Å². The topological polar surface area (TPSA) is 143 Å². The molecule has 10 nitrogen and oxygen atoms in total. The van der Waals surface area contributed by atoms with Gasteiger partial charge in [0.15, 0.2) is 5.82 Å². The maximum atomic E-state index is 13.2. The van der Waals surface area contributed by atoms with Gasteiger partial charge >= 0.3 is 0 Å². The van der Waals surface area contributed by atoms with Crippen molar-refractivity contribution in [2.24, 2.45) is 0 Å². The van der Waals surface area contributed by atoms with Crippen LogP contribution in [0.15, 0.2) is 65.6 Å². The van der Waals surface area contributed by atoms with E-state index in [2.05, 4.69) is 25.6 Å². The van der Waals surface area contributed by atoms with Crippen molar-refractivity contribution in [1.82, 2.24) is 20.2 Å². The van der Waals surface area contributed by atoms with Crippen LogP contribution in [0, 0.1) is 6.92 Å². The Labute approximate surface area is 227 Å². The smallest absolute Gasteiger partial charge is 0.254 e. The lowest BCUT2D eigenvalue weighted by Crippen LogP contribution is -2.46. The molecule has 0 radical (unpaired) electrons. The van der Waals surface area contributed by atoms with E-state index in [-0.39, 0.29) is 17.4 Å². The molecule has 0 saturated carbocycles. The van der Waals surface area contributed by atoms with Gasteiger partial charge in [-0.25, -0.2) is 13.1 Å². The van der Waals surface area contributed by atoms with Crippen LogP contribution < -0.4 is 20.1 Å². The lowest BCUT2D eigenvalue weighted by atomic mass is 10.0. The van der Waals surface area contributed by atoms with Crippen molar-refractivity contribution < 1.29 is 23.1 Å². The van der Waals surface area contributed by atoms with E-state index in [4.69, 9.17) is 4.74 Å². The van der Waals surface area contributed by atoms with E-state index in [0.717, 1.165) is 10.8 Å². The number of aliphatic hydroxyl groups excluding tert-OH is 1. The first kappa shape index (κ1) is 28.0. The summed E-state index contributed by atoms with van der Waals surface area (Å²) in [6.07, 6.45) is 0. The van der Waals surface area contributed by atoms with Gasteiger partial charge in [-0.1, -0.05) is 36.4 Å². The molecule has 4 aromatic rings. The summed E-state index contributed by atoms with van der Waals surface area (Å²) in [5.74, 6) is 0.616. The number of aryl methyl sites for hydroxylation is 1. The Kier molecular flexibility index (Phi) is 7.86. The third-order valence-corrected chi connectivity index (χ3v) is 8.02. The molecule has 0 bridgehead atoms. The number of aliphatic hydroxyl groups is 1. The number of nitrogens with one attached hydrogen (secondary N) is 3. The standard InChI is InChI=1S/C28H31N5O5S/c1-17-10-11-18(14-24(17)39(36,37)33-28(2,3)16-34)25-20-8-6-7-9-21(20)26(32-31-25)30-19-12-13-23(38-5)22(15-19)27(35)29-4/h6-15,33-34H,16H2,1-5H3,(H,29,35)(H,30,32). The molecule has 1 amide bonds.